The highest BCUT2D eigenvalue weighted by Crippen LogP contribution is 2.36. The van der Waals surface area contributed by atoms with Crippen LogP contribution in [0.5, 0.6) is 17.2 Å². The second kappa shape index (κ2) is 10.5. The number of ether oxygens (including phenoxy) is 4. The minimum Gasteiger partial charge on any atom is -0.494 e. The van der Waals surface area contributed by atoms with Crippen LogP contribution in [0, 0.1) is 0 Å². The lowest BCUT2D eigenvalue weighted by molar-refractivity contribution is -0.142. The summed E-state index contributed by atoms with van der Waals surface area (Å²) < 4.78 is 26.1. The number of amides is 1. The van der Waals surface area contributed by atoms with Crippen molar-refractivity contribution >= 4 is 40.7 Å². The van der Waals surface area contributed by atoms with E-state index in [4.69, 9.17) is 30.2 Å². The number of carbonyl (C=O) groups is 2. The lowest BCUT2D eigenvalue weighted by atomic mass is 10.2. The maximum atomic E-state index is 12.4. The van der Waals surface area contributed by atoms with Crippen LogP contribution < -0.4 is 19.6 Å². The lowest BCUT2D eigenvalue weighted by Crippen LogP contribution is -2.16. The Morgan fingerprint density at radius 2 is 1.97 bits per heavy atom. The van der Waals surface area contributed by atoms with E-state index in [1.54, 1.807) is 36.4 Å². The van der Waals surface area contributed by atoms with Crippen LogP contribution >= 0.6 is 11.6 Å². The van der Waals surface area contributed by atoms with Crippen molar-refractivity contribution in [3.05, 3.63) is 52.7 Å². The maximum absolute atomic E-state index is 12.4. The van der Waals surface area contributed by atoms with Gasteiger partial charge >= 0.3 is 11.9 Å². The van der Waals surface area contributed by atoms with Crippen molar-refractivity contribution in [2.45, 2.75) is 6.92 Å². The van der Waals surface area contributed by atoms with Crippen LogP contribution in [0.15, 0.2) is 45.9 Å². The molecule has 9 nitrogen and oxygen atoms in total. The highest BCUT2D eigenvalue weighted by Gasteiger charge is 2.15. The van der Waals surface area contributed by atoms with Gasteiger partial charge in [-0.3, -0.25) is 4.79 Å². The molecule has 3 rings (SSSR count). The summed E-state index contributed by atoms with van der Waals surface area (Å²) in [4.78, 5) is 23.7. The molecule has 1 amide bonds. The van der Waals surface area contributed by atoms with Crippen molar-refractivity contribution in [2.24, 2.45) is 5.10 Å². The van der Waals surface area contributed by atoms with Crippen molar-refractivity contribution in [1.29, 1.82) is 0 Å². The number of hydrazone groups is 1. The Bertz CT molecular complexity index is 1160. The number of fused-ring (bicyclic) bond motifs is 1. The number of furan rings is 1. The van der Waals surface area contributed by atoms with Crippen LogP contribution in [-0.4, -0.2) is 45.5 Å². The smallest absolute Gasteiger partial charge is 0.343 e. The van der Waals surface area contributed by atoms with Gasteiger partial charge in [-0.05, 0) is 48.9 Å². The zero-order valence-electron chi connectivity index (χ0n) is 17.6. The largest absolute Gasteiger partial charge is 0.494 e. The topological polar surface area (TPSA) is 109 Å². The van der Waals surface area contributed by atoms with Crippen molar-refractivity contribution < 1.29 is 33.0 Å². The van der Waals surface area contributed by atoms with E-state index < -0.39 is 11.9 Å². The quantitative estimate of drug-likeness (QED) is 0.294. The first-order chi connectivity index (χ1) is 15.4. The predicted octanol–water partition coefficient (Wildman–Crippen LogP) is 3.81. The molecule has 3 aromatic rings. The first-order valence-electron chi connectivity index (χ1n) is 9.52. The van der Waals surface area contributed by atoms with Gasteiger partial charge in [-0.15, -0.1) is 0 Å². The van der Waals surface area contributed by atoms with Gasteiger partial charge in [-0.1, -0.05) is 11.6 Å². The van der Waals surface area contributed by atoms with Crippen LogP contribution in [0.25, 0.3) is 11.0 Å². The van der Waals surface area contributed by atoms with Gasteiger partial charge in [0.05, 0.1) is 32.1 Å². The molecule has 168 valence electrons. The van der Waals surface area contributed by atoms with E-state index in [1.807, 2.05) is 6.92 Å². The Balaban J connectivity index is 1.69. The van der Waals surface area contributed by atoms with Crippen LogP contribution in [0.3, 0.4) is 0 Å². The number of esters is 1. The lowest BCUT2D eigenvalue weighted by Gasteiger charge is -2.12. The summed E-state index contributed by atoms with van der Waals surface area (Å²) in [6.07, 6.45) is 1.38. The molecule has 0 spiro atoms. The number of nitrogens with one attached hydrogen (secondary N) is 1. The molecule has 0 saturated carbocycles. The molecule has 0 atom stereocenters. The monoisotopic (exact) mass is 460 g/mol. The Kier molecular flexibility index (Phi) is 7.56. The molecule has 32 heavy (non-hydrogen) atoms. The summed E-state index contributed by atoms with van der Waals surface area (Å²) in [6, 6.07) is 10.0. The molecule has 2 aromatic carbocycles. The maximum Gasteiger partial charge on any atom is 0.343 e. The third kappa shape index (κ3) is 5.50. The van der Waals surface area contributed by atoms with Crippen molar-refractivity contribution in [3.8, 4) is 17.2 Å². The fraction of sp³-hybridized carbons (Fsp3) is 0.227. The van der Waals surface area contributed by atoms with Gasteiger partial charge in [0.15, 0.2) is 23.9 Å². The van der Waals surface area contributed by atoms with Crippen LogP contribution in [-0.2, 0) is 9.53 Å². The fourth-order valence-corrected chi connectivity index (χ4v) is 3.03. The second-order valence-electron chi connectivity index (χ2n) is 6.34. The summed E-state index contributed by atoms with van der Waals surface area (Å²) in [5, 5.41) is 4.87. The van der Waals surface area contributed by atoms with Gasteiger partial charge in [-0.2, -0.15) is 5.10 Å². The standard InChI is InChI=1S/C22H21ClN2O7/c1-4-30-15-5-6-17-14(9-15)10-19(32-17)22(27)25-24-11-13-7-16(23)21(18(8-13)28-2)31-12-20(26)29-3/h5-11H,4,12H2,1-3H3,(H,25,27)/b24-11+. The van der Waals surface area contributed by atoms with E-state index >= 15 is 0 Å². The van der Waals surface area contributed by atoms with Crippen LogP contribution in [0.4, 0.5) is 0 Å². The highest BCUT2D eigenvalue weighted by molar-refractivity contribution is 6.32. The summed E-state index contributed by atoms with van der Waals surface area (Å²) in [7, 11) is 2.68. The molecule has 0 saturated heterocycles. The van der Waals surface area contributed by atoms with Crippen LogP contribution in [0.1, 0.15) is 23.0 Å². The fourth-order valence-electron chi connectivity index (χ4n) is 2.75. The van der Waals surface area contributed by atoms with E-state index in [1.165, 1.54) is 20.4 Å². The summed E-state index contributed by atoms with van der Waals surface area (Å²) in [5.41, 5.74) is 3.48. The molecule has 0 aliphatic heterocycles. The highest BCUT2D eigenvalue weighted by atomic mass is 35.5. The summed E-state index contributed by atoms with van der Waals surface area (Å²) in [5.74, 6) is 0.192. The van der Waals surface area contributed by atoms with Crippen molar-refractivity contribution in [2.75, 3.05) is 27.4 Å². The molecule has 0 aliphatic rings. The number of rotatable bonds is 9. The third-order valence-corrected chi connectivity index (χ3v) is 4.50. The van der Waals surface area contributed by atoms with Crippen LogP contribution in [0.2, 0.25) is 5.02 Å². The molecule has 0 fully saturated rings. The minimum absolute atomic E-state index is 0.105. The number of hydrogen-bond donors (Lipinski definition) is 1. The minimum atomic E-state index is -0.559. The Morgan fingerprint density at radius 1 is 1.16 bits per heavy atom. The van der Waals surface area contributed by atoms with Gasteiger partial charge in [0.2, 0.25) is 0 Å². The first kappa shape index (κ1) is 23.0. The first-order valence-corrected chi connectivity index (χ1v) is 9.90. The number of benzene rings is 2. The average Bonchev–Trinajstić information content (AvgIpc) is 3.21. The van der Waals surface area contributed by atoms with E-state index in [9.17, 15) is 9.59 Å². The molecule has 0 bridgehead atoms. The van der Waals surface area contributed by atoms with E-state index in [0.717, 1.165) is 5.39 Å². The number of carbonyl (C=O) groups excluding carboxylic acids is 2. The summed E-state index contributed by atoms with van der Waals surface area (Å²) >= 11 is 6.23. The molecule has 0 radical (unpaired) electrons. The van der Waals surface area contributed by atoms with Gasteiger partial charge in [0, 0.05) is 5.39 Å². The van der Waals surface area contributed by atoms with E-state index in [0.29, 0.717) is 23.5 Å². The molecule has 10 heteroatoms. The zero-order chi connectivity index (χ0) is 23.1. The zero-order valence-corrected chi connectivity index (χ0v) is 18.4. The third-order valence-electron chi connectivity index (χ3n) is 4.22. The Morgan fingerprint density at radius 3 is 2.69 bits per heavy atom. The second-order valence-corrected chi connectivity index (χ2v) is 6.75. The molecule has 1 heterocycles. The van der Waals surface area contributed by atoms with Gasteiger partial charge in [-0.25, -0.2) is 10.2 Å². The number of methoxy groups -OCH3 is 2. The van der Waals surface area contributed by atoms with Gasteiger partial charge < -0.3 is 23.4 Å². The molecular weight excluding hydrogens is 440 g/mol. The number of nitrogens with zero attached hydrogens (tertiary/aromatic N) is 1. The normalized spacial score (nSPS) is 10.9. The van der Waals surface area contributed by atoms with E-state index in [-0.39, 0.29) is 28.9 Å². The molecule has 1 N–H and O–H groups in total. The molecule has 0 aliphatic carbocycles. The summed E-state index contributed by atoms with van der Waals surface area (Å²) in [6.45, 7) is 2.11. The van der Waals surface area contributed by atoms with Crippen molar-refractivity contribution in [1.82, 2.24) is 5.43 Å². The SMILES string of the molecule is CCOc1ccc2oc(C(=O)N/N=C/c3cc(Cl)c(OCC(=O)OC)c(OC)c3)cc2c1. The average molecular weight is 461 g/mol. The number of halogens is 1. The van der Waals surface area contributed by atoms with Crippen molar-refractivity contribution in [3.63, 3.8) is 0 Å². The van der Waals surface area contributed by atoms with Gasteiger partial charge in [0.1, 0.15) is 11.3 Å². The van der Waals surface area contributed by atoms with E-state index in [2.05, 4.69) is 15.3 Å². The Hall–Kier alpha value is -3.72. The number of hydrogen-bond acceptors (Lipinski definition) is 8. The van der Waals surface area contributed by atoms with Gasteiger partial charge in [0.25, 0.3) is 0 Å². The molecule has 0 unspecified atom stereocenters. The Labute approximate surface area is 188 Å². The predicted molar refractivity (Wildman–Crippen MR) is 118 cm³/mol. The molecule has 1 aromatic heterocycles. The molecular formula is C22H21ClN2O7.